The third kappa shape index (κ3) is 4.33. The van der Waals surface area contributed by atoms with E-state index in [1.54, 1.807) is 42.1 Å². The molecule has 4 heteroatoms. The minimum Gasteiger partial charge on any atom is -0.289 e. The van der Waals surface area contributed by atoms with Gasteiger partial charge in [0, 0.05) is 26.4 Å². The molecular formula is C24H16ClNOS. The predicted molar refractivity (Wildman–Crippen MR) is 117 cm³/mol. The molecule has 0 unspecified atom stereocenters. The highest BCUT2D eigenvalue weighted by molar-refractivity contribution is 7.99. The Kier molecular flexibility index (Phi) is 5.56. The molecule has 0 saturated carbocycles. The summed E-state index contributed by atoms with van der Waals surface area (Å²) in [5, 5.41) is 2.52. The SMILES string of the molecule is O=C(/C=C/c1cc2ccccc2nc1Sc1ccccc1)c1ccc(Cl)cc1. The molecule has 0 aliphatic heterocycles. The Morgan fingerprint density at radius 3 is 2.39 bits per heavy atom. The molecule has 0 spiro atoms. The molecule has 1 aromatic heterocycles. The molecule has 3 aromatic carbocycles. The molecule has 0 saturated heterocycles. The van der Waals surface area contributed by atoms with Crippen LogP contribution >= 0.6 is 23.4 Å². The van der Waals surface area contributed by atoms with Crippen LogP contribution in [-0.4, -0.2) is 10.8 Å². The van der Waals surface area contributed by atoms with Gasteiger partial charge in [0.15, 0.2) is 5.78 Å². The van der Waals surface area contributed by atoms with Crippen LogP contribution in [0.3, 0.4) is 0 Å². The fourth-order valence-electron chi connectivity index (χ4n) is 2.79. The van der Waals surface area contributed by atoms with Crippen LogP contribution < -0.4 is 0 Å². The van der Waals surface area contributed by atoms with Gasteiger partial charge in [-0.05, 0) is 60.7 Å². The van der Waals surface area contributed by atoms with Crippen molar-refractivity contribution in [3.8, 4) is 0 Å². The zero-order valence-corrected chi connectivity index (χ0v) is 16.5. The van der Waals surface area contributed by atoms with E-state index in [9.17, 15) is 4.79 Å². The summed E-state index contributed by atoms with van der Waals surface area (Å²) in [4.78, 5) is 18.4. The fraction of sp³-hybridized carbons (Fsp3) is 0. The standard InChI is InChI=1S/C24H16ClNOS/c25-20-13-10-17(11-14-20)23(27)15-12-19-16-18-6-4-5-9-22(18)26-24(19)28-21-7-2-1-3-8-21/h1-16H/b15-12+. The lowest BCUT2D eigenvalue weighted by molar-refractivity contribution is 0.104. The minimum absolute atomic E-state index is 0.0690. The quantitative estimate of drug-likeness (QED) is 0.268. The lowest BCUT2D eigenvalue weighted by atomic mass is 10.1. The average Bonchev–Trinajstić information content (AvgIpc) is 2.73. The van der Waals surface area contributed by atoms with E-state index in [1.165, 1.54) is 0 Å². The Morgan fingerprint density at radius 1 is 0.893 bits per heavy atom. The summed E-state index contributed by atoms with van der Waals surface area (Å²) >= 11 is 7.49. The van der Waals surface area contributed by atoms with Crippen molar-refractivity contribution in [2.45, 2.75) is 9.92 Å². The maximum atomic E-state index is 12.5. The van der Waals surface area contributed by atoms with Crippen LogP contribution in [-0.2, 0) is 0 Å². The molecule has 1 heterocycles. The van der Waals surface area contributed by atoms with E-state index in [0.29, 0.717) is 10.6 Å². The van der Waals surface area contributed by atoms with Gasteiger partial charge in [-0.25, -0.2) is 4.98 Å². The van der Waals surface area contributed by atoms with Gasteiger partial charge < -0.3 is 0 Å². The van der Waals surface area contributed by atoms with E-state index in [0.717, 1.165) is 26.4 Å². The van der Waals surface area contributed by atoms with Gasteiger partial charge in [-0.2, -0.15) is 0 Å². The number of benzene rings is 3. The summed E-state index contributed by atoms with van der Waals surface area (Å²) in [6.45, 7) is 0. The number of aromatic nitrogens is 1. The second kappa shape index (κ2) is 8.42. The Morgan fingerprint density at radius 2 is 1.61 bits per heavy atom. The Hall–Kier alpha value is -2.88. The van der Waals surface area contributed by atoms with Gasteiger partial charge in [-0.1, -0.05) is 59.8 Å². The highest BCUT2D eigenvalue weighted by atomic mass is 35.5. The molecule has 4 aromatic rings. The number of rotatable bonds is 5. The highest BCUT2D eigenvalue weighted by Crippen LogP contribution is 2.31. The van der Waals surface area contributed by atoms with E-state index >= 15 is 0 Å². The number of allylic oxidation sites excluding steroid dienone is 1. The topological polar surface area (TPSA) is 30.0 Å². The molecule has 0 radical (unpaired) electrons. The van der Waals surface area contributed by atoms with Crippen molar-refractivity contribution < 1.29 is 4.79 Å². The number of carbonyl (C=O) groups excluding carboxylic acids is 1. The van der Waals surface area contributed by atoms with Gasteiger partial charge in [-0.15, -0.1) is 0 Å². The van der Waals surface area contributed by atoms with Crippen LogP contribution in [0.5, 0.6) is 0 Å². The lowest BCUT2D eigenvalue weighted by Gasteiger charge is -2.08. The number of halogens is 1. The smallest absolute Gasteiger partial charge is 0.185 e. The zero-order chi connectivity index (χ0) is 19.3. The van der Waals surface area contributed by atoms with Gasteiger partial charge in [0.25, 0.3) is 0 Å². The van der Waals surface area contributed by atoms with Crippen LogP contribution in [0.25, 0.3) is 17.0 Å². The van der Waals surface area contributed by atoms with Crippen molar-refractivity contribution in [2.75, 3.05) is 0 Å². The number of ketones is 1. The van der Waals surface area contributed by atoms with Crippen molar-refractivity contribution >= 4 is 46.1 Å². The summed E-state index contributed by atoms with van der Waals surface area (Å²) in [6.07, 6.45) is 3.42. The van der Waals surface area contributed by atoms with Crippen molar-refractivity contribution in [2.24, 2.45) is 0 Å². The van der Waals surface area contributed by atoms with Crippen LogP contribution in [0.4, 0.5) is 0 Å². The zero-order valence-electron chi connectivity index (χ0n) is 14.9. The normalized spacial score (nSPS) is 11.2. The maximum absolute atomic E-state index is 12.5. The van der Waals surface area contributed by atoms with Gasteiger partial charge in [-0.3, -0.25) is 4.79 Å². The Labute approximate surface area is 172 Å². The van der Waals surface area contributed by atoms with Gasteiger partial charge in [0.1, 0.15) is 5.03 Å². The molecule has 0 fully saturated rings. The summed E-state index contributed by atoms with van der Waals surface area (Å²) in [5.41, 5.74) is 2.45. The predicted octanol–water partition coefficient (Wildman–Crippen LogP) is 6.94. The largest absolute Gasteiger partial charge is 0.289 e. The Balaban J connectivity index is 1.70. The lowest BCUT2D eigenvalue weighted by Crippen LogP contribution is -1.94. The number of hydrogen-bond acceptors (Lipinski definition) is 3. The molecule has 0 bridgehead atoms. The second-order valence-electron chi connectivity index (χ2n) is 6.20. The van der Waals surface area contributed by atoms with Crippen molar-refractivity contribution in [1.82, 2.24) is 4.98 Å². The number of carbonyl (C=O) groups is 1. The van der Waals surface area contributed by atoms with E-state index in [4.69, 9.17) is 16.6 Å². The van der Waals surface area contributed by atoms with E-state index in [1.807, 2.05) is 60.7 Å². The molecule has 136 valence electrons. The first-order valence-electron chi connectivity index (χ1n) is 8.80. The molecule has 0 N–H and O–H groups in total. The highest BCUT2D eigenvalue weighted by Gasteiger charge is 2.08. The summed E-state index contributed by atoms with van der Waals surface area (Å²) in [6, 6.07) is 27.0. The van der Waals surface area contributed by atoms with Crippen molar-refractivity contribution in [3.05, 3.63) is 107 Å². The van der Waals surface area contributed by atoms with Crippen LogP contribution in [0.2, 0.25) is 5.02 Å². The van der Waals surface area contributed by atoms with Gasteiger partial charge >= 0.3 is 0 Å². The maximum Gasteiger partial charge on any atom is 0.185 e. The monoisotopic (exact) mass is 401 g/mol. The molecule has 4 rings (SSSR count). The molecule has 0 aliphatic rings. The van der Waals surface area contributed by atoms with Crippen molar-refractivity contribution in [1.29, 1.82) is 0 Å². The number of nitrogens with zero attached hydrogens (tertiary/aromatic N) is 1. The Bertz CT molecular complexity index is 1150. The van der Waals surface area contributed by atoms with Crippen molar-refractivity contribution in [3.63, 3.8) is 0 Å². The molecule has 0 aliphatic carbocycles. The third-order valence-corrected chi connectivity index (χ3v) is 5.50. The fourth-order valence-corrected chi connectivity index (χ4v) is 3.82. The molecule has 0 amide bonds. The first kappa shape index (κ1) is 18.5. The van der Waals surface area contributed by atoms with Gasteiger partial charge in [0.2, 0.25) is 0 Å². The van der Waals surface area contributed by atoms with E-state index in [-0.39, 0.29) is 5.78 Å². The molecule has 0 atom stereocenters. The molecule has 28 heavy (non-hydrogen) atoms. The number of hydrogen-bond donors (Lipinski definition) is 0. The summed E-state index contributed by atoms with van der Waals surface area (Å²) in [5.74, 6) is -0.0690. The first-order valence-corrected chi connectivity index (χ1v) is 9.99. The number of pyridine rings is 1. The minimum atomic E-state index is -0.0690. The van der Waals surface area contributed by atoms with E-state index < -0.39 is 0 Å². The van der Waals surface area contributed by atoms with E-state index in [2.05, 4.69) is 6.07 Å². The number of fused-ring (bicyclic) bond motifs is 1. The first-order chi connectivity index (χ1) is 13.7. The average molecular weight is 402 g/mol. The molecular weight excluding hydrogens is 386 g/mol. The molecule has 2 nitrogen and oxygen atoms in total. The second-order valence-corrected chi connectivity index (χ2v) is 7.69. The van der Waals surface area contributed by atoms with Crippen LogP contribution in [0, 0.1) is 0 Å². The third-order valence-electron chi connectivity index (χ3n) is 4.22. The van der Waals surface area contributed by atoms with Crippen LogP contribution in [0.1, 0.15) is 15.9 Å². The summed E-state index contributed by atoms with van der Waals surface area (Å²) in [7, 11) is 0. The van der Waals surface area contributed by atoms with Gasteiger partial charge in [0.05, 0.1) is 5.52 Å². The van der Waals surface area contributed by atoms with Crippen LogP contribution in [0.15, 0.2) is 101 Å². The number of para-hydroxylation sites is 1. The summed E-state index contributed by atoms with van der Waals surface area (Å²) < 4.78 is 0.